The molecule has 0 saturated carbocycles. The maximum absolute atomic E-state index is 13.6. The Hall–Kier alpha value is -3.49. The van der Waals surface area contributed by atoms with Crippen LogP contribution in [0.1, 0.15) is 6.42 Å². The van der Waals surface area contributed by atoms with Gasteiger partial charge in [-0.25, -0.2) is 13.8 Å². The molecule has 1 amide bonds. The van der Waals surface area contributed by atoms with Crippen LogP contribution in [0, 0.1) is 11.6 Å². The minimum Gasteiger partial charge on any atom is -0.493 e. The SMILES string of the molecule is COc1cc2ncn(CCC(=O)Nc3c(F)cccc3F)c(=O)c2cc1OC. The minimum absolute atomic E-state index is 0.0159. The van der Waals surface area contributed by atoms with Gasteiger partial charge in [0.2, 0.25) is 5.91 Å². The number of hydrogen-bond donors (Lipinski definition) is 1. The lowest BCUT2D eigenvalue weighted by Crippen LogP contribution is -2.24. The zero-order chi connectivity index (χ0) is 20.3. The summed E-state index contributed by atoms with van der Waals surface area (Å²) in [6, 6.07) is 6.36. The fourth-order valence-corrected chi connectivity index (χ4v) is 2.69. The number of halogens is 2. The first-order valence-corrected chi connectivity index (χ1v) is 8.29. The van der Waals surface area contributed by atoms with Crippen molar-refractivity contribution in [3.05, 3.63) is 58.6 Å². The number of ether oxygens (including phenoxy) is 2. The van der Waals surface area contributed by atoms with E-state index in [0.717, 1.165) is 12.1 Å². The van der Waals surface area contributed by atoms with Gasteiger partial charge in [-0.3, -0.25) is 14.2 Å². The molecule has 28 heavy (non-hydrogen) atoms. The molecular weight excluding hydrogens is 372 g/mol. The normalized spacial score (nSPS) is 10.7. The molecule has 0 bridgehead atoms. The molecule has 1 aromatic heterocycles. The first-order chi connectivity index (χ1) is 13.4. The number of nitrogens with one attached hydrogen (secondary N) is 1. The van der Waals surface area contributed by atoms with Gasteiger partial charge in [0.05, 0.1) is 31.4 Å². The lowest BCUT2D eigenvalue weighted by Gasteiger charge is -2.11. The summed E-state index contributed by atoms with van der Waals surface area (Å²) in [5.41, 5.74) is -0.485. The molecule has 0 unspecified atom stereocenters. The Kier molecular flexibility index (Phi) is 5.53. The van der Waals surface area contributed by atoms with Gasteiger partial charge in [0.25, 0.3) is 5.56 Å². The van der Waals surface area contributed by atoms with Crippen LogP contribution < -0.4 is 20.3 Å². The number of benzene rings is 2. The third-order valence-corrected chi connectivity index (χ3v) is 4.14. The highest BCUT2D eigenvalue weighted by Crippen LogP contribution is 2.29. The van der Waals surface area contributed by atoms with Crippen molar-refractivity contribution in [3.8, 4) is 11.5 Å². The molecule has 146 valence electrons. The summed E-state index contributed by atoms with van der Waals surface area (Å²) in [5, 5.41) is 2.47. The van der Waals surface area contributed by atoms with Crippen molar-refractivity contribution in [1.82, 2.24) is 9.55 Å². The average molecular weight is 389 g/mol. The predicted molar refractivity (Wildman–Crippen MR) is 98.7 cm³/mol. The zero-order valence-corrected chi connectivity index (χ0v) is 15.2. The van der Waals surface area contributed by atoms with E-state index in [-0.39, 0.29) is 18.5 Å². The molecule has 2 aromatic carbocycles. The maximum atomic E-state index is 13.6. The highest BCUT2D eigenvalue weighted by Gasteiger charge is 2.14. The van der Waals surface area contributed by atoms with E-state index < -0.39 is 23.2 Å². The van der Waals surface area contributed by atoms with Crippen LogP contribution in [0.3, 0.4) is 0 Å². The zero-order valence-electron chi connectivity index (χ0n) is 15.2. The number of carbonyl (C=O) groups is 1. The second kappa shape index (κ2) is 8.03. The summed E-state index contributed by atoms with van der Waals surface area (Å²) in [6.45, 7) is -0.0159. The molecule has 0 aliphatic rings. The Morgan fingerprint density at radius 3 is 2.43 bits per heavy atom. The summed E-state index contributed by atoms with van der Waals surface area (Å²) in [5.74, 6) is -1.58. The van der Waals surface area contributed by atoms with E-state index >= 15 is 0 Å². The molecule has 0 spiro atoms. The molecular formula is C19H17F2N3O4. The van der Waals surface area contributed by atoms with Crippen LogP contribution in [0.2, 0.25) is 0 Å². The standard InChI is InChI=1S/C19H17F2N3O4/c1-27-15-8-11-14(9-16(15)28-2)22-10-24(19(11)26)7-6-17(25)23-18-12(20)4-3-5-13(18)21/h3-5,8-10H,6-7H2,1-2H3,(H,23,25). The van der Waals surface area contributed by atoms with Crippen molar-refractivity contribution >= 4 is 22.5 Å². The molecule has 1 N–H and O–H groups in total. The largest absolute Gasteiger partial charge is 0.493 e. The fraction of sp³-hybridized carbons (Fsp3) is 0.211. The van der Waals surface area contributed by atoms with E-state index in [1.165, 1.54) is 37.2 Å². The number of aryl methyl sites for hydroxylation is 1. The van der Waals surface area contributed by atoms with E-state index in [1.807, 2.05) is 0 Å². The van der Waals surface area contributed by atoms with E-state index in [4.69, 9.17) is 9.47 Å². The summed E-state index contributed by atoms with van der Waals surface area (Å²) in [6.07, 6.45) is 1.13. The molecule has 3 aromatic rings. The van der Waals surface area contributed by atoms with Crippen molar-refractivity contribution in [3.63, 3.8) is 0 Å². The molecule has 9 heteroatoms. The van der Waals surface area contributed by atoms with Gasteiger partial charge in [-0.2, -0.15) is 0 Å². The molecule has 3 rings (SSSR count). The maximum Gasteiger partial charge on any atom is 0.261 e. The smallest absolute Gasteiger partial charge is 0.261 e. The van der Waals surface area contributed by atoms with Gasteiger partial charge < -0.3 is 14.8 Å². The number of aromatic nitrogens is 2. The van der Waals surface area contributed by atoms with Crippen molar-refractivity contribution in [2.75, 3.05) is 19.5 Å². The molecule has 0 aliphatic carbocycles. The Morgan fingerprint density at radius 1 is 1.14 bits per heavy atom. The Labute approximate surface area is 158 Å². The summed E-state index contributed by atoms with van der Waals surface area (Å²) >= 11 is 0. The third kappa shape index (κ3) is 3.78. The van der Waals surface area contributed by atoms with Gasteiger partial charge in [0.15, 0.2) is 11.5 Å². The van der Waals surface area contributed by atoms with Crippen LogP contribution in [0.15, 0.2) is 41.5 Å². The van der Waals surface area contributed by atoms with Crippen molar-refractivity contribution in [2.45, 2.75) is 13.0 Å². The van der Waals surface area contributed by atoms with Crippen LogP contribution in [-0.2, 0) is 11.3 Å². The van der Waals surface area contributed by atoms with Crippen molar-refractivity contribution < 1.29 is 23.0 Å². The molecule has 0 atom stereocenters. The lowest BCUT2D eigenvalue weighted by atomic mass is 10.2. The highest BCUT2D eigenvalue weighted by molar-refractivity contribution is 5.91. The molecule has 0 aliphatic heterocycles. The number of para-hydroxylation sites is 1. The summed E-state index contributed by atoms with van der Waals surface area (Å²) < 4.78 is 38.8. The number of nitrogens with zero attached hydrogens (tertiary/aromatic N) is 2. The second-order valence-corrected chi connectivity index (χ2v) is 5.86. The number of hydrogen-bond acceptors (Lipinski definition) is 5. The van der Waals surface area contributed by atoms with E-state index in [0.29, 0.717) is 22.4 Å². The predicted octanol–water partition coefficient (Wildman–Crippen LogP) is 2.72. The number of anilines is 1. The number of carbonyl (C=O) groups excluding carboxylic acids is 1. The van der Waals surface area contributed by atoms with Crippen LogP contribution in [0.5, 0.6) is 11.5 Å². The Morgan fingerprint density at radius 2 is 1.79 bits per heavy atom. The van der Waals surface area contributed by atoms with Gasteiger partial charge in [0, 0.05) is 19.0 Å². The van der Waals surface area contributed by atoms with Crippen LogP contribution >= 0.6 is 0 Å². The summed E-state index contributed by atoms with van der Waals surface area (Å²) in [4.78, 5) is 28.9. The fourth-order valence-electron chi connectivity index (χ4n) is 2.69. The van der Waals surface area contributed by atoms with Crippen molar-refractivity contribution in [1.29, 1.82) is 0 Å². The monoisotopic (exact) mass is 389 g/mol. The first kappa shape index (κ1) is 19.3. The number of fused-ring (bicyclic) bond motifs is 1. The van der Waals surface area contributed by atoms with Crippen LogP contribution in [-0.4, -0.2) is 29.7 Å². The van der Waals surface area contributed by atoms with Gasteiger partial charge in [-0.15, -0.1) is 0 Å². The second-order valence-electron chi connectivity index (χ2n) is 5.86. The molecule has 0 saturated heterocycles. The topological polar surface area (TPSA) is 82.5 Å². The third-order valence-electron chi connectivity index (χ3n) is 4.14. The minimum atomic E-state index is -0.876. The number of amides is 1. The molecule has 7 nitrogen and oxygen atoms in total. The lowest BCUT2D eigenvalue weighted by molar-refractivity contribution is -0.116. The highest BCUT2D eigenvalue weighted by atomic mass is 19.1. The Bertz CT molecular complexity index is 1080. The molecule has 1 heterocycles. The van der Waals surface area contributed by atoms with Gasteiger partial charge >= 0.3 is 0 Å². The van der Waals surface area contributed by atoms with E-state index in [9.17, 15) is 18.4 Å². The van der Waals surface area contributed by atoms with Crippen LogP contribution in [0.4, 0.5) is 14.5 Å². The molecule has 0 fully saturated rings. The average Bonchev–Trinajstić information content (AvgIpc) is 2.69. The van der Waals surface area contributed by atoms with Crippen LogP contribution in [0.25, 0.3) is 10.9 Å². The van der Waals surface area contributed by atoms with Crippen molar-refractivity contribution in [2.24, 2.45) is 0 Å². The summed E-state index contributed by atoms with van der Waals surface area (Å²) in [7, 11) is 2.92. The first-order valence-electron chi connectivity index (χ1n) is 8.29. The van der Waals surface area contributed by atoms with Gasteiger partial charge in [-0.05, 0) is 18.2 Å². The Balaban J connectivity index is 1.80. The van der Waals surface area contributed by atoms with E-state index in [1.54, 1.807) is 6.07 Å². The number of methoxy groups -OCH3 is 2. The quantitative estimate of drug-likeness (QED) is 0.701. The number of rotatable bonds is 6. The van der Waals surface area contributed by atoms with Gasteiger partial charge in [-0.1, -0.05) is 6.07 Å². The molecule has 0 radical (unpaired) electrons. The van der Waals surface area contributed by atoms with Gasteiger partial charge in [0.1, 0.15) is 17.3 Å². The van der Waals surface area contributed by atoms with E-state index in [2.05, 4.69) is 10.3 Å².